The quantitative estimate of drug-likeness (QED) is 0.484. The molecule has 0 bridgehead atoms. The highest BCUT2D eigenvalue weighted by Gasteiger charge is 2.09. The average molecular weight is 400 g/mol. The van der Waals surface area contributed by atoms with Crippen LogP contribution in [-0.2, 0) is 6.54 Å². The van der Waals surface area contributed by atoms with E-state index in [0.717, 1.165) is 11.4 Å². The summed E-state index contributed by atoms with van der Waals surface area (Å²) in [5.41, 5.74) is 1.40. The van der Waals surface area contributed by atoms with Gasteiger partial charge in [-0.3, -0.25) is 0 Å². The largest absolute Gasteiger partial charge is 0.312 e. The smallest absolute Gasteiger partial charge is 0.214 e. The predicted molar refractivity (Wildman–Crippen MR) is 100 cm³/mol. The highest BCUT2D eigenvalue weighted by Crippen LogP contribution is 2.19. The number of aromatic nitrogens is 4. The molecule has 0 aliphatic rings. The molecular formula is C16H16Cl2FN5S. The van der Waals surface area contributed by atoms with Crippen LogP contribution in [0.1, 0.15) is 5.56 Å². The van der Waals surface area contributed by atoms with Crippen molar-refractivity contribution in [1.29, 1.82) is 0 Å². The molecule has 0 aliphatic carbocycles. The highest BCUT2D eigenvalue weighted by atomic mass is 35.5. The zero-order valence-electron chi connectivity index (χ0n) is 13.1. The molecule has 0 fully saturated rings. The molecular weight excluding hydrogens is 384 g/mol. The first-order valence-electron chi connectivity index (χ1n) is 7.36. The third-order valence-electron chi connectivity index (χ3n) is 3.32. The molecule has 1 N–H and O–H groups in total. The summed E-state index contributed by atoms with van der Waals surface area (Å²) in [4.78, 5) is 0. The van der Waals surface area contributed by atoms with Crippen LogP contribution in [0.3, 0.4) is 0 Å². The van der Waals surface area contributed by atoms with Gasteiger partial charge in [-0.25, -0.2) is 4.39 Å². The lowest BCUT2D eigenvalue weighted by atomic mass is 10.2. The number of nitrogens with zero attached hydrogens (tertiary/aromatic N) is 4. The number of hydrogen-bond donors (Lipinski definition) is 1. The molecule has 0 aliphatic heterocycles. The summed E-state index contributed by atoms with van der Waals surface area (Å²) < 4.78 is 15.4. The Bertz CT molecular complexity index is 780. The van der Waals surface area contributed by atoms with Gasteiger partial charge in [0.05, 0.1) is 5.69 Å². The monoisotopic (exact) mass is 399 g/mol. The Morgan fingerprint density at radius 2 is 1.92 bits per heavy atom. The summed E-state index contributed by atoms with van der Waals surface area (Å²) in [6.45, 7) is 1.06. The lowest BCUT2D eigenvalue weighted by Gasteiger charge is -2.08. The van der Waals surface area contributed by atoms with Crippen LogP contribution in [-0.4, -0.2) is 32.5 Å². The second kappa shape index (κ2) is 9.72. The van der Waals surface area contributed by atoms with Gasteiger partial charge in [-0.15, -0.1) is 17.5 Å². The molecule has 0 unspecified atom stereocenters. The fourth-order valence-corrected chi connectivity index (χ4v) is 3.15. The molecule has 0 amide bonds. The first-order valence-corrected chi connectivity index (χ1v) is 8.72. The van der Waals surface area contributed by atoms with Gasteiger partial charge in [-0.05, 0) is 34.7 Å². The van der Waals surface area contributed by atoms with Gasteiger partial charge in [0, 0.05) is 29.4 Å². The Labute approximate surface area is 160 Å². The lowest BCUT2D eigenvalue weighted by molar-refractivity contribution is 0.594. The molecule has 0 saturated carbocycles. The van der Waals surface area contributed by atoms with E-state index in [0.29, 0.717) is 28.8 Å². The average Bonchev–Trinajstić information content (AvgIpc) is 3.06. The van der Waals surface area contributed by atoms with Gasteiger partial charge in [0.1, 0.15) is 5.82 Å². The molecule has 0 atom stereocenters. The summed E-state index contributed by atoms with van der Waals surface area (Å²) in [5, 5.41) is 16.1. The summed E-state index contributed by atoms with van der Waals surface area (Å²) in [6, 6.07) is 14.4. The van der Waals surface area contributed by atoms with E-state index in [9.17, 15) is 4.39 Å². The first kappa shape index (κ1) is 19.7. The Hall–Kier alpha value is -1.67. The van der Waals surface area contributed by atoms with Crippen molar-refractivity contribution in [2.75, 3.05) is 12.3 Å². The van der Waals surface area contributed by atoms with E-state index in [2.05, 4.69) is 20.8 Å². The van der Waals surface area contributed by atoms with Crippen molar-refractivity contribution in [3.63, 3.8) is 0 Å². The molecule has 2 aromatic carbocycles. The summed E-state index contributed by atoms with van der Waals surface area (Å²) in [5.74, 6) is 0.454. The van der Waals surface area contributed by atoms with E-state index < -0.39 is 0 Å². The number of nitrogens with one attached hydrogen (secondary N) is 1. The standard InChI is InChI=1S/C16H15ClFN5S.ClH/c17-14-7-4-8-15(18)13(14)11-19-9-10-24-16-20-21-22-23(16)12-5-2-1-3-6-12;/h1-8,19H,9-11H2;1H. The Morgan fingerprint density at radius 3 is 2.68 bits per heavy atom. The van der Waals surface area contributed by atoms with E-state index in [-0.39, 0.29) is 18.2 Å². The van der Waals surface area contributed by atoms with Crippen molar-refractivity contribution in [2.24, 2.45) is 0 Å². The maximum absolute atomic E-state index is 13.7. The third kappa shape index (κ3) is 5.15. The van der Waals surface area contributed by atoms with Crippen LogP contribution in [0.4, 0.5) is 4.39 Å². The minimum absolute atomic E-state index is 0. The number of benzene rings is 2. The molecule has 3 aromatic rings. The van der Waals surface area contributed by atoms with Gasteiger partial charge in [0.15, 0.2) is 0 Å². The molecule has 0 radical (unpaired) electrons. The van der Waals surface area contributed by atoms with Gasteiger partial charge < -0.3 is 5.32 Å². The summed E-state index contributed by atoms with van der Waals surface area (Å²) in [6.07, 6.45) is 0. The van der Waals surface area contributed by atoms with E-state index in [1.54, 1.807) is 16.8 Å². The summed E-state index contributed by atoms with van der Waals surface area (Å²) in [7, 11) is 0. The Balaban J connectivity index is 0.00000225. The second-order valence-electron chi connectivity index (χ2n) is 4.93. The van der Waals surface area contributed by atoms with Gasteiger partial charge in [-0.2, -0.15) is 4.68 Å². The van der Waals surface area contributed by atoms with Crippen molar-refractivity contribution in [3.8, 4) is 5.69 Å². The van der Waals surface area contributed by atoms with Crippen LogP contribution in [0.25, 0.3) is 5.69 Å². The number of tetrazole rings is 1. The van der Waals surface area contributed by atoms with Crippen LogP contribution in [0.5, 0.6) is 0 Å². The van der Waals surface area contributed by atoms with E-state index in [1.807, 2.05) is 30.3 Å². The molecule has 132 valence electrons. The first-order chi connectivity index (χ1) is 11.8. The van der Waals surface area contributed by atoms with Crippen LogP contribution in [0.15, 0.2) is 53.7 Å². The second-order valence-corrected chi connectivity index (χ2v) is 6.40. The maximum Gasteiger partial charge on any atom is 0.214 e. The highest BCUT2D eigenvalue weighted by molar-refractivity contribution is 7.99. The van der Waals surface area contributed by atoms with E-state index in [4.69, 9.17) is 11.6 Å². The molecule has 5 nitrogen and oxygen atoms in total. The zero-order valence-corrected chi connectivity index (χ0v) is 15.5. The summed E-state index contributed by atoms with van der Waals surface area (Å²) >= 11 is 7.53. The molecule has 9 heteroatoms. The third-order valence-corrected chi connectivity index (χ3v) is 4.59. The van der Waals surface area contributed by atoms with Crippen LogP contribution in [0.2, 0.25) is 5.02 Å². The van der Waals surface area contributed by atoms with Gasteiger partial charge in [0.25, 0.3) is 0 Å². The molecule has 0 saturated heterocycles. The van der Waals surface area contributed by atoms with Crippen LogP contribution >= 0.6 is 35.8 Å². The zero-order chi connectivity index (χ0) is 16.8. The van der Waals surface area contributed by atoms with Crippen molar-refractivity contribution < 1.29 is 4.39 Å². The van der Waals surface area contributed by atoms with Gasteiger partial charge >= 0.3 is 0 Å². The molecule has 0 spiro atoms. The molecule has 1 aromatic heterocycles. The SMILES string of the molecule is Cl.Fc1cccc(Cl)c1CNCCSc1nnnn1-c1ccccc1. The Morgan fingerprint density at radius 1 is 1.12 bits per heavy atom. The minimum Gasteiger partial charge on any atom is -0.312 e. The van der Waals surface area contributed by atoms with E-state index in [1.165, 1.54) is 17.8 Å². The minimum atomic E-state index is -0.296. The number of halogens is 3. The van der Waals surface area contributed by atoms with Crippen molar-refractivity contribution in [3.05, 3.63) is 64.9 Å². The van der Waals surface area contributed by atoms with Crippen LogP contribution < -0.4 is 5.32 Å². The van der Waals surface area contributed by atoms with Crippen molar-refractivity contribution >= 4 is 35.8 Å². The molecule has 25 heavy (non-hydrogen) atoms. The van der Waals surface area contributed by atoms with Crippen molar-refractivity contribution in [1.82, 2.24) is 25.5 Å². The van der Waals surface area contributed by atoms with Gasteiger partial charge in [0.2, 0.25) is 5.16 Å². The topological polar surface area (TPSA) is 55.6 Å². The van der Waals surface area contributed by atoms with Crippen molar-refractivity contribution in [2.45, 2.75) is 11.7 Å². The predicted octanol–water partition coefficient (Wildman–Crippen LogP) is 3.76. The number of thioether (sulfide) groups is 1. The molecule has 3 rings (SSSR count). The number of hydrogen-bond acceptors (Lipinski definition) is 5. The molecule has 1 heterocycles. The number of rotatable bonds is 7. The van der Waals surface area contributed by atoms with Crippen LogP contribution in [0, 0.1) is 5.82 Å². The van der Waals surface area contributed by atoms with Gasteiger partial charge in [-0.1, -0.05) is 47.6 Å². The van der Waals surface area contributed by atoms with E-state index >= 15 is 0 Å². The fraction of sp³-hybridized carbons (Fsp3) is 0.188. The Kier molecular flexibility index (Phi) is 7.64. The fourth-order valence-electron chi connectivity index (χ4n) is 2.13. The maximum atomic E-state index is 13.7. The number of para-hydroxylation sites is 1. The normalized spacial score (nSPS) is 10.5. The lowest BCUT2D eigenvalue weighted by Crippen LogP contribution is -2.18.